The van der Waals surface area contributed by atoms with Gasteiger partial charge >= 0.3 is 0 Å². The topological polar surface area (TPSA) is 142 Å². The van der Waals surface area contributed by atoms with Crippen LogP contribution in [0.25, 0.3) is 56.0 Å². The van der Waals surface area contributed by atoms with Crippen molar-refractivity contribution in [3.05, 3.63) is 72.6 Å². The van der Waals surface area contributed by atoms with E-state index in [0.29, 0.717) is 39.4 Å². The number of hydrogen-bond donors (Lipinski definition) is 3. The van der Waals surface area contributed by atoms with Gasteiger partial charge in [0.05, 0.1) is 40.1 Å². The summed E-state index contributed by atoms with van der Waals surface area (Å²) in [7, 11) is -3.19. The summed E-state index contributed by atoms with van der Waals surface area (Å²) in [5.41, 5.74) is 6.65. The highest BCUT2D eigenvalue weighted by molar-refractivity contribution is 7.90. The number of aryl methyl sites for hydroxylation is 1. The SMILES string of the molecule is CC(C)Nc1cncc(-c2cc3c(-c4nc5c(-c6cc(F)cc(CCS(C)(=O)=O)c6)nccc5[nH]4)n[nH]c3cn2)c1. The first-order valence-corrected chi connectivity index (χ1v) is 15.1. The molecular weight excluding hydrogens is 543 g/mol. The monoisotopic (exact) mass is 570 g/mol. The number of sulfone groups is 1. The third kappa shape index (κ3) is 5.64. The minimum absolute atomic E-state index is 0.0717. The molecule has 0 fully saturated rings. The number of H-pyrrole nitrogens is 2. The molecule has 0 aliphatic carbocycles. The zero-order chi connectivity index (χ0) is 28.7. The maximum absolute atomic E-state index is 14.6. The van der Waals surface area contributed by atoms with Crippen LogP contribution in [0.3, 0.4) is 0 Å². The molecule has 6 rings (SSSR count). The highest BCUT2D eigenvalue weighted by Gasteiger charge is 2.18. The molecule has 41 heavy (non-hydrogen) atoms. The van der Waals surface area contributed by atoms with Crippen molar-refractivity contribution >= 4 is 37.5 Å². The zero-order valence-electron chi connectivity index (χ0n) is 22.6. The van der Waals surface area contributed by atoms with Crippen LogP contribution in [0.4, 0.5) is 10.1 Å². The second-order valence-electron chi connectivity index (χ2n) is 10.3. The van der Waals surface area contributed by atoms with Gasteiger partial charge in [0.1, 0.15) is 26.9 Å². The number of halogens is 1. The molecule has 5 aromatic heterocycles. The highest BCUT2D eigenvalue weighted by atomic mass is 32.2. The van der Waals surface area contributed by atoms with Gasteiger partial charge in [-0.3, -0.25) is 20.1 Å². The lowest BCUT2D eigenvalue weighted by atomic mass is 10.0. The molecule has 6 aromatic rings. The average Bonchev–Trinajstić information content (AvgIpc) is 3.54. The highest BCUT2D eigenvalue weighted by Crippen LogP contribution is 2.32. The predicted molar refractivity (Wildman–Crippen MR) is 158 cm³/mol. The Labute approximate surface area is 235 Å². The lowest BCUT2D eigenvalue weighted by Gasteiger charge is -2.10. The number of rotatable bonds is 8. The van der Waals surface area contributed by atoms with Gasteiger partial charge in [-0.25, -0.2) is 17.8 Å². The molecule has 0 unspecified atom stereocenters. The number of imidazole rings is 1. The zero-order valence-corrected chi connectivity index (χ0v) is 23.4. The number of nitrogens with zero attached hydrogens (tertiary/aromatic N) is 5. The molecule has 0 spiro atoms. The smallest absolute Gasteiger partial charge is 0.159 e. The summed E-state index contributed by atoms with van der Waals surface area (Å²) in [6.45, 7) is 4.13. The van der Waals surface area contributed by atoms with Gasteiger partial charge in [-0.1, -0.05) is 0 Å². The summed E-state index contributed by atoms with van der Waals surface area (Å²) in [5, 5.41) is 11.7. The maximum atomic E-state index is 14.6. The van der Waals surface area contributed by atoms with Crippen molar-refractivity contribution in [1.82, 2.24) is 35.1 Å². The quantitative estimate of drug-likeness (QED) is 0.227. The van der Waals surface area contributed by atoms with Gasteiger partial charge in [0.25, 0.3) is 0 Å². The lowest BCUT2D eigenvalue weighted by Crippen LogP contribution is -2.09. The van der Waals surface area contributed by atoms with Crippen LogP contribution in [0.15, 0.2) is 61.2 Å². The molecule has 0 amide bonds. The van der Waals surface area contributed by atoms with E-state index >= 15 is 0 Å². The van der Waals surface area contributed by atoms with Crippen LogP contribution in [0, 0.1) is 5.82 Å². The lowest BCUT2D eigenvalue weighted by molar-refractivity contribution is 0.600. The van der Waals surface area contributed by atoms with Gasteiger partial charge in [-0.05, 0) is 62.2 Å². The molecule has 0 aliphatic rings. The summed E-state index contributed by atoms with van der Waals surface area (Å²) >= 11 is 0. The van der Waals surface area contributed by atoms with Gasteiger partial charge in [0.2, 0.25) is 0 Å². The number of hydrogen-bond acceptors (Lipinski definition) is 8. The van der Waals surface area contributed by atoms with Crippen molar-refractivity contribution in [3.8, 4) is 34.0 Å². The molecule has 0 aliphatic heterocycles. The fourth-order valence-corrected chi connectivity index (χ4v) is 5.35. The fourth-order valence-electron chi connectivity index (χ4n) is 4.74. The Morgan fingerprint density at radius 3 is 2.63 bits per heavy atom. The first-order valence-electron chi connectivity index (χ1n) is 13.0. The number of benzene rings is 1. The van der Waals surface area contributed by atoms with E-state index in [1.807, 2.05) is 12.1 Å². The van der Waals surface area contributed by atoms with Crippen molar-refractivity contribution in [1.29, 1.82) is 0 Å². The Morgan fingerprint density at radius 1 is 0.976 bits per heavy atom. The van der Waals surface area contributed by atoms with E-state index in [1.54, 1.807) is 36.9 Å². The van der Waals surface area contributed by atoms with Crippen LogP contribution in [0.5, 0.6) is 0 Å². The van der Waals surface area contributed by atoms with Crippen molar-refractivity contribution in [2.75, 3.05) is 17.3 Å². The Balaban J connectivity index is 1.40. The first-order chi connectivity index (χ1) is 19.6. The molecule has 0 atom stereocenters. The van der Waals surface area contributed by atoms with Gasteiger partial charge in [-0.15, -0.1) is 0 Å². The average molecular weight is 571 g/mol. The molecule has 12 heteroatoms. The Morgan fingerprint density at radius 2 is 1.83 bits per heavy atom. The number of fused-ring (bicyclic) bond motifs is 2. The number of aromatic nitrogens is 7. The molecule has 5 heterocycles. The minimum Gasteiger partial charge on any atom is -0.382 e. The van der Waals surface area contributed by atoms with Crippen molar-refractivity contribution in [3.63, 3.8) is 0 Å². The second-order valence-corrected chi connectivity index (χ2v) is 12.6. The van der Waals surface area contributed by atoms with Gasteiger partial charge in [0.15, 0.2) is 5.82 Å². The van der Waals surface area contributed by atoms with E-state index in [4.69, 9.17) is 4.98 Å². The van der Waals surface area contributed by atoms with Crippen LogP contribution in [0.1, 0.15) is 19.4 Å². The van der Waals surface area contributed by atoms with E-state index in [-0.39, 0.29) is 18.2 Å². The summed E-state index contributed by atoms with van der Waals surface area (Å²) in [4.78, 5) is 21.6. The van der Waals surface area contributed by atoms with E-state index in [1.165, 1.54) is 12.1 Å². The Kier molecular flexibility index (Phi) is 6.70. The van der Waals surface area contributed by atoms with Gasteiger partial charge in [-0.2, -0.15) is 5.10 Å². The normalized spacial score (nSPS) is 12.0. The number of aromatic amines is 2. The maximum Gasteiger partial charge on any atom is 0.159 e. The molecule has 0 radical (unpaired) electrons. The van der Waals surface area contributed by atoms with Crippen LogP contribution in [-0.4, -0.2) is 61.6 Å². The molecule has 0 saturated carbocycles. The van der Waals surface area contributed by atoms with Crippen LogP contribution in [-0.2, 0) is 16.3 Å². The van der Waals surface area contributed by atoms with E-state index in [2.05, 4.69) is 49.3 Å². The molecule has 0 saturated heterocycles. The molecule has 0 bridgehead atoms. The largest absolute Gasteiger partial charge is 0.382 e. The summed E-state index contributed by atoms with van der Waals surface area (Å²) in [6, 6.07) is 10.5. The van der Waals surface area contributed by atoms with Crippen molar-refractivity contribution < 1.29 is 12.8 Å². The number of anilines is 1. The van der Waals surface area contributed by atoms with Crippen LogP contribution in [0.2, 0.25) is 0 Å². The van der Waals surface area contributed by atoms with Gasteiger partial charge < -0.3 is 10.3 Å². The van der Waals surface area contributed by atoms with E-state index in [0.717, 1.165) is 34.1 Å². The first kappa shape index (κ1) is 26.5. The van der Waals surface area contributed by atoms with Crippen molar-refractivity contribution in [2.45, 2.75) is 26.3 Å². The molecule has 208 valence electrons. The minimum atomic E-state index is -3.19. The summed E-state index contributed by atoms with van der Waals surface area (Å²) in [6.07, 6.45) is 8.25. The second kappa shape index (κ2) is 10.4. The van der Waals surface area contributed by atoms with E-state index < -0.39 is 15.7 Å². The fraction of sp³-hybridized carbons (Fsp3) is 0.207. The molecule has 3 N–H and O–H groups in total. The molecule has 1 aromatic carbocycles. The number of pyridine rings is 3. The number of nitrogens with one attached hydrogen (secondary N) is 3. The Bertz CT molecular complexity index is 2020. The third-order valence-corrected chi connectivity index (χ3v) is 7.50. The Hall–Kier alpha value is -4.71. The summed E-state index contributed by atoms with van der Waals surface area (Å²) < 4.78 is 37.9. The van der Waals surface area contributed by atoms with Gasteiger partial charge in [0, 0.05) is 47.4 Å². The van der Waals surface area contributed by atoms with Crippen molar-refractivity contribution in [2.24, 2.45) is 0 Å². The van der Waals surface area contributed by atoms with E-state index in [9.17, 15) is 12.8 Å². The molecular formula is C29H27FN8O2S. The van der Waals surface area contributed by atoms with Crippen LogP contribution >= 0.6 is 0 Å². The van der Waals surface area contributed by atoms with Crippen LogP contribution < -0.4 is 5.32 Å². The third-order valence-electron chi connectivity index (χ3n) is 6.55. The predicted octanol–water partition coefficient (Wildman–Crippen LogP) is 5.17. The standard InChI is InChI=1S/C29H27FN8O2S/c1-16(2)34-21-11-19(13-31-14-21)24-12-22-25(15-33-24)37-38-27(22)29-35-23-4-6-32-26(28(23)36-29)18-8-17(9-20(30)10-18)5-7-41(3,39)40/h4,6,8-16,34H,5,7H2,1-3H3,(H,35,36)(H,37,38). The molecule has 10 nitrogen and oxygen atoms in total. The summed E-state index contributed by atoms with van der Waals surface area (Å²) in [5.74, 6) is -0.0293.